The summed E-state index contributed by atoms with van der Waals surface area (Å²) in [6, 6.07) is 1.81. The fourth-order valence-corrected chi connectivity index (χ4v) is 2.40. The van der Waals surface area contributed by atoms with Crippen LogP contribution >= 0.6 is 33.9 Å². The van der Waals surface area contributed by atoms with E-state index in [9.17, 15) is 4.79 Å². The third-order valence-electron chi connectivity index (χ3n) is 1.82. The number of hydrogen-bond donors (Lipinski definition) is 0. The highest BCUT2D eigenvalue weighted by molar-refractivity contribution is 14.1. The molecule has 84 valence electrons. The minimum atomic E-state index is -0.292. The second-order valence-electron chi connectivity index (χ2n) is 2.93. The summed E-state index contributed by atoms with van der Waals surface area (Å²) >= 11 is 3.69. The maximum atomic E-state index is 11.5. The van der Waals surface area contributed by atoms with Crippen LogP contribution in [-0.4, -0.2) is 27.3 Å². The Labute approximate surface area is 110 Å². The van der Waals surface area contributed by atoms with Gasteiger partial charge < -0.3 is 4.74 Å². The molecular formula is C9H8IN3O2S. The summed E-state index contributed by atoms with van der Waals surface area (Å²) in [7, 11) is 0. The normalized spacial score (nSPS) is 10.3. The number of ether oxygens (including phenoxy) is 1. The van der Waals surface area contributed by atoms with Crippen molar-refractivity contribution in [1.29, 1.82) is 0 Å². The Morgan fingerprint density at radius 2 is 2.50 bits per heavy atom. The summed E-state index contributed by atoms with van der Waals surface area (Å²) in [6.07, 6.45) is 3.03. The van der Waals surface area contributed by atoms with Gasteiger partial charge in [0.15, 0.2) is 0 Å². The van der Waals surface area contributed by atoms with Crippen molar-refractivity contribution in [3.05, 3.63) is 32.5 Å². The molecule has 7 heteroatoms. The molecule has 2 aromatic rings. The molecule has 0 spiro atoms. The number of nitrogens with zero attached hydrogens (tertiary/aromatic N) is 3. The molecule has 2 aromatic heterocycles. The molecule has 0 saturated carbocycles. The van der Waals surface area contributed by atoms with Crippen LogP contribution in [0, 0.1) is 2.88 Å². The predicted molar refractivity (Wildman–Crippen MR) is 67.3 cm³/mol. The second kappa shape index (κ2) is 5.39. The summed E-state index contributed by atoms with van der Waals surface area (Å²) in [5.41, 5.74) is 0.605. The third-order valence-corrected chi connectivity index (χ3v) is 3.61. The summed E-state index contributed by atoms with van der Waals surface area (Å²) in [6.45, 7) is 0.821. The Hall–Kier alpha value is -0.960. The van der Waals surface area contributed by atoms with Crippen LogP contribution in [0.2, 0.25) is 0 Å². The van der Waals surface area contributed by atoms with E-state index < -0.39 is 0 Å². The Morgan fingerprint density at radius 1 is 1.62 bits per heavy atom. The Kier molecular flexibility index (Phi) is 3.88. The first-order valence-electron chi connectivity index (χ1n) is 4.49. The molecule has 0 amide bonds. The van der Waals surface area contributed by atoms with E-state index in [1.165, 1.54) is 17.7 Å². The average Bonchev–Trinajstić information content (AvgIpc) is 2.89. The van der Waals surface area contributed by atoms with Crippen molar-refractivity contribution in [3.63, 3.8) is 0 Å². The number of carbonyl (C=O) groups is 1. The highest BCUT2D eigenvalue weighted by Gasteiger charge is 2.08. The van der Waals surface area contributed by atoms with E-state index in [0.29, 0.717) is 18.7 Å². The number of hydrogen-bond acceptors (Lipinski definition) is 5. The van der Waals surface area contributed by atoms with Crippen LogP contribution in [-0.2, 0) is 11.3 Å². The van der Waals surface area contributed by atoms with Crippen LogP contribution in [0.1, 0.15) is 10.4 Å². The second-order valence-corrected chi connectivity index (χ2v) is 5.74. The lowest BCUT2D eigenvalue weighted by Gasteiger charge is -2.02. The lowest BCUT2D eigenvalue weighted by Crippen LogP contribution is -2.11. The van der Waals surface area contributed by atoms with E-state index >= 15 is 0 Å². The molecule has 16 heavy (non-hydrogen) atoms. The molecule has 0 aliphatic rings. The summed E-state index contributed by atoms with van der Waals surface area (Å²) in [4.78, 5) is 15.3. The minimum Gasteiger partial charge on any atom is -0.460 e. The molecule has 5 nitrogen and oxygen atoms in total. The molecule has 2 heterocycles. The molecular weight excluding hydrogens is 341 g/mol. The van der Waals surface area contributed by atoms with Crippen molar-refractivity contribution in [2.24, 2.45) is 0 Å². The van der Waals surface area contributed by atoms with Gasteiger partial charge in [0.05, 0.1) is 15.0 Å². The van der Waals surface area contributed by atoms with Crippen LogP contribution in [0.3, 0.4) is 0 Å². The van der Waals surface area contributed by atoms with Gasteiger partial charge in [0.1, 0.15) is 19.3 Å². The van der Waals surface area contributed by atoms with E-state index in [0.717, 1.165) is 2.88 Å². The monoisotopic (exact) mass is 349 g/mol. The van der Waals surface area contributed by atoms with Gasteiger partial charge in [0.25, 0.3) is 0 Å². The number of thiophene rings is 1. The fraction of sp³-hybridized carbons (Fsp3) is 0.222. The number of rotatable bonds is 4. The molecule has 2 rings (SSSR count). The highest BCUT2D eigenvalue weighted by Crippen LogP contribution is 2.17. The quantitative estimate of drug-likeness (QED) is 0.624. The number of aromatic nitrogens is 3. The van der Waals surface area contributed by atoms with Gasteiger partial charge in [-0.2, -0.15) is 5.10 Å². The summed E-state index contributed by atoms with van der Waals surface area (Å²) < 4.78 is 7.78. The van der Waals surface area contributed by atoms with E-state index in [-0.39, 0.29) is 5.97 Å². The Bertz CT molecular complexity index is 469. The topological polar surface area (TPSA) is 57.0 Å². The largest absolute Gasteiger partial charge is 0.460 e. The number of esters is 1. The molecule has 0 N–H and O–H groups in total. The van der Waals surface area contributed by atoms with Crippen molar-refractivity contribution in [2.75, 3.05) is 6.61 Å². The SMILES string of the molecule is O=C(OCCn1cncn1)c1csc(I)c1. The van der Waals surface area contributed by atoms with E-state index in [1.54, 1.807) is 16.4 Å². The number of halogens is 1. The van der Waals surface area contributed by atoms with E-state index in [4.69, 9.17) is 4.74 Å². The molecule has 0 radical (unpaired) electrons. The Morgan fingerprint density at radius 3 is 3.12 bits per heavy atom. The van der Waals surface area contributed by atoms with Gasteiger partial charge in [-0.1, -0.05) is 0 Å². The van der Waals surface area contributed by atoms with Crippen molar-refractivity contribution >= 4 is 39.9 Å². The summed E-state index contributed by atoms with van der Waals surface area (Å²) in [5.74, 6) is -0.292. The van der Waals surface area contributed by atoms with E-state index in [2.05, 4.69) is 32.7 Å². The molecule has 0 atom stereocenters. The molecule has 0 aliphatic heterocycles. The molecule has 0 bridgehead atoms. The highest BCUT2D eigenvalue weighted by atomic mass is 127. The van der Waals surface area contributed by atoms with Gasteiger partial charge in [-0.15, -0.1) is 11.3 Å². The lowest BCUT2D eigenvalue weighted by atomic mass is 10.3. The molecule has 0 fully saturated rings. The average molecular weight is 349 g/mol. The van der Waals surface area contributed by atoms with Gasteiger partial charge in [-0.25, -0.2) is 14.5 Å². The standard InChI is InChI=1S/C9H8IN3O2S/c10-8-3-7(4-16-8)9(14)15-2-1-13-6-11-5-12-13/h3-6H,1-2H2. The van der Waals surface area contributed by atoms with E-state index in [1.807, 2.05) is 6.07 Å². The maximum Gasteiger partial charge on any atom is 0.339 e. The van der Waals surface area contributed by atoms with Crippen LogP contribution in [0.5, 0.6) is 0 Å². The zero-order chi connectivity index (χ0) is 11.4. The van der Waals surface area contributed by atoms with Crippen molar-refractivity contribution in [1.82, 2.24) is 14.8 Å². The van der Waals surface area contributed by atoms with Crippen molar-refractivity contribution in [3.8, 4) is 0 Å². The zero-order valence-corrected chi connectivity index (χ0v) is 11.1. The first-order valence-corrected chi connectivity index (χ1v) is 6.45. The van der Waals surface area contributed by atoms with Gasteiger partial charge in [-0.3, -0.25) is 0 Å². The molecule has 0 saturated heterocycles. The first-order chi connectivity index (χ1) is 7.75. The van der Waals surface area contributed by atoms with Gasteiger partial charge >= 0.3 is 5.97 Å². The minimum absolute atomic E-state index is 0.292. The van der Waals surface area contributed by atoms with Crippen molar-refractivity contribution in [2.45, 2.75) is 6.54 Å². The fourth-order valence-electron chi connectivity index (χ4n) is 1.08. The Balaban J connectivity index is 1.80. The predicted octanol–water partition coefficient (Wildman–Crippen LogP) is 1.80. The smallest absolute Gasteiger partial charge is 0.339 e. The zero-order valence-electron chi connectivity index (χ0n) is 8.17. The molecule has 0 aromatic carbocycles. The lowest BCUT2D eigenvalue weighted by molar-refractivity contribution is 0.0488. The third kappa shape index (κ3) is 3.01. The first kappa shape index (κ1) is 11.5. The van der Waals surface area contributed by atoms with Gasteiger partial charge in [-0.05, 0) is 28.7 Å². The van der Waals surface area contributed by atoms with Crippen LogP contribution < -0.4 is 0 Å². The molecule has 0 aliphatic carbocycles. The van der Waals surface area contributed by atoms with Crippen LogP contribution in [0.4, 0.5) is 0 Å². The van der Waals surface area contributed by atoms with Crippen molar-refractivity contribution < 1.29 is 9.53 Å². The van der Waals surface area contributed by atoms with Gasteiger partial charge in [0.2, 0.25) is 0 Å². The summed E-state index contributed by atoms with van der Waals surface area (Å²) in [5, 5.41) is 5.70. The maximum absolute atomic E-state index is 11.5. The number of carbonyl (C=O) groups excluding carboxylic acids is 1. The van der Waals surface area contributed by atoms with Crippen LogP contribution in [0.25, 0.3) is 0 Å². The van der Waals surface area contributed by atoms with Gasteiger partial charge in [0, 0.05) is 5.38 Å². The molecule has 0 unspecified atom stereocenters. The van der Waals surface area contributed by atoms with Crippen LogP contribution in [0.15, 0.2) is 24.1 Å².